The van der Waals surface area contributed by atoms with Crippen LogP contribution in [0.15, 0.2) is 0 Å². The molecule has 0 aliphatic heterocycles. The van der Waals surface area contributed by atoms with Crippen LogP contribution in [0, 0.1) is 24.2 Å². The Labute approximate surface area is 79.7 Å². The highest BCUT2D eigenvalue weighted by molar-refractivity contribution is 5.88. The van der Waals surface area contributed by atoms with E-state index in [2.05, 4.69) is 22.5 Å². The van der Waals surface area contributed by atoms with Gasteiger partial charge in [0.05, 0.1) is 6.61 Å². The van der Waals surface area contributed by atoms with Crippen LogP contribution in [0.25, 0.3) is 0 Å². The standard InChI is InChI=1S/C11H14O2/c1-3-5-6-7-8-9-10-11(12)13-4-2/h1H,4-8H2,2H3. The Bertz CT molecular complexity index is 237. The topological polar surface area (TPSA) is 26.3 Å². The van der Waals surface area contributed by atoms with Gasteiger partial charge in [0.2, 0.25) is 0 Å². The summed E-state index contributed by atoms with van der Waals surface area (Å²) >= 11 is 0. The van der Waals surface area contributed by atoms with Crippen LogP contribution in [-0.4, -0.2) is 12.6 Å². The average molecular weight is 178 g/mol. The van der Waals surface area contributed by atoms with Crippen molar-refractivity contribution in [2.75, 3.05) is 6.61 Å². The molecule has 0 rings (SSSR count). The van der Waals surface area contributed by atoms with E-state index in [9.17, 15) is 4.79 Å². The Morgan fingerprint density at radius 2 is 2.08 bits per heavy atom. The SMILES string of the molecule is C#CCCCCC#CC(=O)OCC. The van der Waals surface area contributed by atoms with Crippen LogP contribution in [-0.2, 0) is 9.53 Å². The van der Waals surface area contributed by atoms with Gasteiger partial charge in [0.15, 0.2) is 0 Å². The summed E-state index contributed by atoms with van der Waals surface area (Å²) in [5, 5.41) is 0. The lowest BCUT2D eigenvalue weighted by Crippen LogP contribution is -1.99. The third-order valence-corrected chi connectivity index (χ3v) is 1.34. The molecule has 0 radical (unpaired) electrons. The normalized spacial score (nSPS) is 8.00. The number of rotatable bonds is 4. The Hall–Kier alpha value is -1.41. The van der Waals surface area contributed by atoms with E-state index in [0.29, 0.717) is 13.0 Å². The van der Waals surface area contributed by atoms with Gasteiger partial charge in [-0.15, -0.1) is 12.3 Å². The molecule has 2 nitrogen and oxygen atoms in total. The first-order valence-electron chi connectivity index (χ1n) is 4.40. The van der Waals surface area contributed by atoms with Crippen molar-refractivity contribution < 1.29 is 9.53 Å². The molecule has 0 aromatic heterocycles. The zero-order chi connectivity index (χ0) is 9.94. The molecule has 0 atom stereocenters. The van der Waals surface area contributed by atoms with E-state index in [1.165, 1.54) is 0 Å². The summed E-state index contributed by atoms with van der Waals surface area (Å²) in [5.74, 6) is 7.24. The molecule has 0 amide bonds. The molecule has 70 valence electrons. The molecule has 0 heterocycles. The number of hydrogen-bond donors (Lipinski definition) is 0. The second-order valence-electron chi connectivity index (χ2n) is 2.43. The van der Waals surface area contributed by atoms with Crippen molar-refractivity contribution in [3.63, 3.8) is 0 Å². The van der Waals surface area contributed by atoms with Gasteiger partial charge in [0, 0.05) is 18.8 Å². The molecular formula is C11H14O2. The summed E-state index contributed by atoms with van der Waals surface area (Å²) in [7, 11) is 0. The van der Waals surface area contributed by atoms with Gasteiger partial charge in [-0.3, -0.25) is 0 Å². The van der Waals surface area contributed by atoms with Crippen molar-refractivity contribution in [2.45, 2.75) is 32.6 Å². The number of esters is 1. The third-order valence-electron chi connectivity index (χ3n) is 1.34. The summed E-state index contributed by atoms with van der Waals surface area (Å²) in [6, 6.07) is 0. The number of hydrogen-bond acceptors (Lipinski definition) is 2. The smallest absolute Gasteiger partial charge is 0.384 e. The maximum atomic E-state index is 10.7. The molecule has 0 fully saturated rings. The number of carbonyl (C=O) groups excluding carboxylic acids is 1. The first-order valence-corrected chi connectivity index (χ1v) is 4.40. The van der Waals surface area contributed by atoms with Gasteiger partial charge >= 0.3 is 5.97 Å². The zero-order valence-corrected chi connectivity index (χ0v) is 7.93. The van der Waals surface area contributed by atoms with E-state index in [-0.39, 0.29) is 0 Å². The van der Waals surface area contributed by atoms with Crippen LogP contribution in [0.3, 0.4) is 0 Å². The Balaban J connectivity index is 3.40. The van der Waals surface area contributed by atoms with Gasteiger partial charge in [-0.1, -0.05) is 5.92 Å². The van der Waals surface area contributed by atoms with Crippen molar-refractivity contribution in [1.29, 1.82) is 0 Å². The number of ether oxygens (including phenoxy) is 1. The Kier molecular flexibility index (Phi) is 7.74. The molecule has 0 bridgehead atoms. The summed E-state index contributed by atoms with van der Waals surface area (Å²) < 4.78 is 4.62. The van der Waals surface area contributed by atoms with Crippen molar-refractivity contribution in [3.8, 4) is 24.2 Å². The van der Waals surface area contributed by atoms with Crippen molar-refractivity contribution in [1.82, 2.24) is 0 Å². The first kappa shape index (κ1) is 11.6. The fraction of sp³-hybridized carbons (Fsp3) is 0.545. The summed E-state index contributed by atoms with van der Waals surface area (Å²) in [6.07, 6.45) is 8.47. The summed E-state index contributed by atoms with van der Waals surface area (Å²) in [6.45, 7) is 2.14. The Morgan fingerprint density at radius 3 is 2.69 bits per heavy atom. The highest BCUT2D eigenvalue weighted by Gasteiger charge is 1.91. The van der Waals surface area contributed by atoms with E-state index in [1.807, 2.05) is 0 Å². The van der Waals surface area contributed by atoms with E-state index in [1.54, 1.807) is 6.92 Å². The maximum absolute atomic E-state index is 10.7. The molecule has 0 saturated heterocycles. The summed E-state index contributed by atoms with van der Waals surface area (Å²) in [4.78, 5) is 10.7. The van der Waals surface area contributed by atoms with Gasteiger partial charge in [-0.2, -0.15) is 0 Å². The van der Waals surface area contributed by atoms with Crippen molar-refractivity contribution in [3.05, 3.63) is 0 Å². The quantitative estimate of drug-likeness (QED) is 0.284. The fourth-order valence-electron chi connectivity index (χ4n) is 0.742. The molecule has 2 heteroatoms. The molecular weight excluding hydrogens is 164 g/mol. The van der Waals surface area contributed by atoms with Crippen LogP contribution < -0.4 is 0 Å². The van der Waals surface area contributed by atoms with Crippen molar-refractivity contribution >= 4 is 5.97 Å². The lowest BCUT2D eigenvalue weighted by molar-refractivity contribution is -0.136. The van der Waals surface area contributed by atoms with Gasteiger partial charge < -0.3 is 4.74 Å². The second-order valence-corrected chi connectivity index (χ2v) is 2.43. The van der Waals surface area contributed by atoms with Crippen LogP contribution in [0.2, 0.25) is 0 Å². The minimum atomic E-state index is -0.445. The van der Waals surface area contributed by atoms with Gasteiger partial charge in [0.25, 0.3) is 0 Å². The molecule has 0 aromatic carbocycles. The van der Waals surface area contributed by atoms with Crippen LogP contribution >= 0.6 is 0 Å². The highest BCUT2D eigenvalue weighted by Crippen LogP contribution is 1.96. The molecule has 0 aliphatic rings. The summed E-state index contributed by atoms with van der Waals surface area (Å²) in [5.41, 5.74) is 0. The molecule has 13 heavy (non-hydrogen) atoms. The molecule has 0 N–H and O–H groups in total. The molecule has 0 aromatic rings. The first-order chi connectivity index (χ1) is 6.31. The van der Waals surface area contributed by atoms with Crippen LogP contribution in [0.4, 0.5) is 0 Å². The van der Waals surface area contributed by atoms with E-state index >= 15 is 0 Å². The van der Waals surface area contributed by atoms with Crippen molar-refractivity contribution in [2.24, 2.45) is 0 Å². The van der Waals surface area contributed by atoms with E-state index in [4.69, 9.17) is 6.42 Å². The van der Waals surface area contributed by atoms with Gasteiger partial charge in [-0.05, 0) is 19.8 Å². The second kappa shape index (κ2) is 8.68. The minimum absolute atomic E-state index is 0.380. The van der Waals surface area contributed by atoms with Crippen LogP contribution in [0.5, 0.6) is 0 Å². The monoisotopic (exact) mass is 178 g/mol. The van der Waals surface area contributed by atoms with Crippen LogP contribution in [0.1, 0.15) is 32.6 Å². The number of terminal acetylenes is 1. The lowest BCUT2D eigenvalue weighted by Gasteiger charge is -1.91. The zero-order valence-electron chi connectivity index (χ0n) is 7.93. The molecule has 0 saturated carbocycles. The van der Waals surface area contributed by atoms with E-state index < -0.39 is 5.97 Å². The lowest BCUT2D eigenvalue weighted by atomic mass is 10.2. The Morgan fingerprint density at radius 1 is 1.38 bits per heavy atom. The van der Waals surface area contributed by atoms with Gasteiger partial charge in [0.1, 0.15) is 0 Å². The fourth-order valence-corrected chi connectivity index (χ4v) is 0.742. The highest BCUT2D eigenvalue weighted by atomic mass is 16.5. The number of unbranched alkanes of at least 4 members (excludes halogenated alkanes) is 3. The molecule has 0 aliphatic carbocycles. The molecule has 0 unspecified atom stereocenters. The average Bonchev–Trinajstić information content (AvgIpc) is 2.11. The predicted octanol–water partition coefficient (Wildman–Crippen LogP) is 1.75. The minimum Gasteiger partial charge on any atom is -0.456 e. The van der Waals surface area contributed by atoms with Gasteiger partial charge in [-0.25, -0.2) is 4.79 Å². The predicted molar refractivity (Wildman–Crippen MR) is 51.7 cm³/mol. The number of carbonyl (C=O) groups is 1. The van der Waals surface area contributed by atoms with E-state index in [0.717, 1.165) is 19.3 Å². The molecule has 0 spiro atoms. The largest absolute Gasteiger partial charge is 0.456 e. The maximum Gasteiger partial charge on any atom is 0.384 e. The third kappa shape index (κ3) is 8.50.